The molecule has 1 aliphatic heterocycles. The number of aromatic nitrogens is 2. The molecule has 1 aromatic heterocycles. The van der Waals surface area contributed by atoms with Crippen LogP contribution in [0.3, 0.4) is 0 Å². The molecule has 0 spiro atoms. The first-order chi connectivity index (χ1) is 14.2. The molecule has 0 aliphatic carbocycles. The van der Waals surface area contributed by atoms with Gasteiger partial charge in [0, 0.05) is 43.3 Å². The van der Waals surface area contributed by atoms with E-state index in [-0.39, 0.29) is 11.8 Å². The van der Waals surface area contributed by atoms with E-state index in [0.717, 1.165) is 48.6 Å². The van der Waals surface area contributed by atoms with Crippen LogP contribution in [-0.2, 0) is 6.54 Å². The fraction of sp³-hybridized carbons (Fsp3) is 0.227. The lowest BCUT2D eigenvalue weighted by Gasteiger charge is -2.19. The van der Waals surface area contributed by atoms with E-state index < -0.39 is 0 Å². The number of nitrogens with zero attached hydrogens (tertiary/aromatic N) is 3. The van der Waals surface area contributed by atoms with Crippen molar-refractivity contribution in [2.45, 2.75) is 19.4 Å². The molecular weight excluding hydrogens is 369 g/mol. The average Bonchev–Trinajstić information content (AvgIpc) is 3.28. The van der Waals surface area contributed by atoms with Crippen LogP contribution in [0, 0.1) is 5.82 Å². The number of anilines is 2. The zero-order chi connectivity index (χ0) is 20.1. The topological polar surface area (TPSA) is 70.1 Å². The summed E-state index contributed by atoms with van der Waals surface area (Å²) < 4.78 is 13.0. The van der Waals surface area contributed by atoms with Gasteiger partial charge in [-0.3, -0.25) is 4.98 Å². The Balaban J connectivity index is 1.45. The van der Waals surface area contributed by atoms with Crippen molar-refractivity contribution in [3.8, 4) is 11.3 Å². The van der Waals surface area contributed by atoms with Gasteiger partial charge in [0.2, 0.25) is 0 Å². The van der Waals surface area contributed by atoms with Gasteiger partial charge in [-0.15, -0.1) is 0 Å². The zero-order valence-corrected chi connectivity index (χ0v) is 15.9. The van der Waals surface area contributed by atoms with Crippen LogP contribution >= 0.6 is 0 Å². The Hall–Kier alpha value is -3.48. The predicted molar refractivity (Wildman–Crippen MR) is 111 cm³/mol. The number of rotatable bonds is 5. The molecule has 6 nitrogen and oxygen atoms in total. The molecule has 2 aromatic carbocycles. The zero-order valence-electron chi connectivity index (χ0n) is 15.9. The van der Waals surface area contributed by atoms with Crippen LogP contribution in [0.15, 0.2) is 60.9 Å². The predicted octanol–water partition coefficient (Wildman–Crippen LogP) is 4.20. The second kappa shape index (κ2) is 8.68. The molecule has 2 N–H and O–H groups in total. The summed E-state index contributed by atoms with van der Waals surface area (Å²) in [7, 11) is 0. The number of carbonyl (C=O) groups is 1. The third-order valence-corrected chi connectivity index (χ3v) is 4.84. The molecule has 1 fully saturated rings. The normalized spacial score (nSPS) is 13.3. The number of carbonyl (C=O) groups excluding carboxylic acids is 1. The maximum absolute atomic E-state index is 13.0. The van der Waals surface area contributed by atoms with Gasteiger partial charge in [-0.1, -0.05) is 24.3 Å². The minimum Gasteiger partial charge on any atom is -0.355 e. The summed E-state index contributed by atoms with van der Waals surface area (Å²) in [6.45, 7) is 2.28. The summed E-state index contributed by atoms with van der Waals surface area (Å²) in [5.41, 5.74) is 3.20. The van der Waals surface area contributed by atoms with Gasteiger partial charge >= 0.3 is 6.03 Å². The third kappa shape index (κ3) is 4.68. The molecule has 2 heterocycles. The van der Waals surface area contributed by atoms with Gasteiger partial charge in [0.15, 0.2) is 5.82 Å². The largest absolute Gasteiger partial charge is 0.355 e. The molecule has 0 atom stereocenters. The quantitative estimate of drug-likeness (QED) is 0.684. The van der Waals surface area contributed by atoms with Crippen LogP contribution in [0.25, 0.3) is 11.3 Å². The summed E-state index contributed by atoms with van der Waals surface area (Å²) in [5, 5.41) is 5.61. The van der Waals surface area contributed by atoms with Crippen LogP contribution in [0.5, 0.6) is 0 Å². The molecule has 0 saturated carbocycles. The molecule has 29 heavy (non-hydrogen) atoms. The highest BCUT2D eigenvalue weighted by Gasteiger charge is 2.19. The molecule has 1 aliphatic rings. The molecule has 2 amide bonds. The molecular formula is C22H22FN5O. The fourth-order valence-electron chi connectivity index (χ4n) is 3.40. The van der Waals surface area contributed by atoms with Crippen molar-refractivity contribution in [2.75, 3.05) is 23.3 Å². The van der Waals surface area contributed by atoms with Crippen LogP contribution in [-0.4, -0.2) is 29.1 Å². The second-order valence-corrected chi connectivity index (χ2v) is 6.94. The third-order valence-electron chi connectivity index (χ3n) is 4.84. The highest BCUT2D eigenvalue weighted by atomic mass is 19.1. The number of halogens is 1. The smallest absolute Gasteiger partial charge is 0.319 e. The first kappa shape index (κ1) is 18.9. The van der Waals surface area contributed by atoms with Crippen LogP contribution in [0.1, 0.15) is 18.4 Å². The van der Waals surface area contributed by atoms with Gasteiger partial charge in [-0.2, -0.15) is 0 Å². The molecule has 4 rings (SSSR count). The summed E-state index contributed by atoms with van der Waals surface area (Å²) in [6, 6.07) is 13.3. The van der Waals surface area contributed by atoms with Crippen molar-refractivity contribution in [3.05, 3.63) is 72.3 Å². The number of urea groups is 1. The van der Waals surface area contributed by atoms with Gasteiger partial charge in [0.1, 0.15) is 11.5 Å². The van der Waals surface area contributed by atoms with Gasteiger partial charge < -0.3 is 15.5 Å². The van der Waals surface area contributed by atoms with E-state index in [0.29, 0.717) is 12.2 Å². The summed E-state index contributed by atoms with van der Waals surface area (Å²) in [6.07, 6.45) is 5.71. The van der Waals surface area contributed by atoms with Gasteiger partial charge in [0.25, 0.3) is 0 Å². The highest BCUT2D eigenvalue weighted by molar-refractivity contribution is 5.90. The lowest BCUT2D eigenvalue weighted by atomic mass is 10.1. The van der Waals surface area contributed by atoms with E-state index in [2.05, 4.69) is 25.5 Å². The van der Waals surface area contributed by atoms with Gasteiger partial charge in [0.05, 0.1) is 0 Å². The number of hydrogen-bond donors (Lipinski definition) is 2. The maximum Gasteiger partial charge on any atom is 0.319 e. The summed E-state index contributed by atoms with van der Waals surface area (Å²) >= 11 is 0. The Kier molecular flexibility index (Phi) is 5.65. The Morgan fingerprint density at radius 3 is 2.59 bits per heavy atom. The lowest BCUT2D eigenvalue weighted by Crippen LogP contribution is -2.28. The van der Waals surface area contributed by atoms with E-state index in [1.54, 1.807) is 24.5 Å². The number of hydrogen-bond acceptors (Lipinski definition) is 4. The van der Waals surface area contributed by atoms with Crippen molar-refractivity contribution in [1.29, 1.82) is 0 Å². The number of benzene rings is 2. The molecule has 148 valence electrons. The Labute approximate surface area is 168 Å². The first-order valence-electron chi connectivity index (χ1n) is 9.65. The van der Waals surface area contributed by atoms with Gasteiger partial charge in [-0.05, 0) is 42.7 Å². The SMILES string of the molecule is O=C(NCc1ccc(F)cc1)Nc1cccc(-c2nccnc2N2CCCC2)c1. The molecule has 1 saturated heterocycles. The maximum atomic E-state index is 13.0. The van der Waals surface area contributed by atoms with E-state index in [1.165, 1.54) is 12.1 Å². The minimum absolute atomic E-state index is 0.299. The Bertz CT molecular complexity index is 987. The van der Waals surface area contributed by atoms with Crippen LogP contribution < -0.4 is 15.5 Å². The monoisotopic (exact) mass is 391 g/mol. The van der Waals surface area contributed by atoms with Crippen molar-refractivity contribution in [2.24, 2.45) is 0 Å². The molecule has 3 aromatic rings. The standard InChI is InChI=1S/C22H22FN5O/c23-18-8-6-16(7-9-18)15-26-22(29)27-19-5-3-4-17(14-19)20-21(25-11-10-24-20)28-12-1-2-13-28/h3-11,14H,1-2,12-13,15H2,(H2,26,27,29). The highest BCUT2D eigenvalue weighted by Crippen LogP contribution is 2.30. The summed E-state index contributed by atoms with van der Waals surface area (Å²) in [5.74, 6) is 0.579. The molecule has 0 unspecified atom stereocenters. The average molecular weight is 391 g/mol. The van der Waals surface area contributed by atoms with E-state index >= 15 is 0 Å². The van der Waals surface area contributed by atoms with E-state index in [9.17, 15) is 9.18 Å². The van der Waals surface area contributed by atoms with Crippen molar-refractivity contribution < 1.29 is 9.18 Å². The Morgan fingerprint density at radius 1 is 1.03 bits per heavy atom. The van der Waals surface area contributed by atoms with Crippen LogP contribution in [0.4, 0.5) is 20.7 Å². The van der Waals surface area contributed by atoms with Gasteiger partial charge in [-0.25, -0.2) is 14.2 Å². The van der Waals surface area contributed by atoms with Crippen molar-refractivity contribution in [3.63, 3.8) is 0 Å². The molecule has 0 radical (unpaired) electrons. The van der Waals surface area contributed by atoms with Crippen LogP contribution in [0.2, 0.25) is 0 Å². The lowest BCUT2D eigenvalue weighted by molar-refractivity contribution is 0.251. The number of nitrogens with one attached hydrogen (secondary N) is 2. The Morgan fingerprint density at radius 2 is 1.79 bits per heavy atom. The van der Waals surface area contributed by atoms with Crippen molar-refractivity contribution >= 4 is 17.5 Å². The van der Waals surface area contributed by atoms with E-state index in [1.807, 2.05) is 24.3 Å². The first-order valence-corrected chi connectivity index (χ1v) is 9.65. The molecule has 7 heteroatoms. The van der Waals surface area contributed by atoms with Crippen molar-refractivity contribution in [1.82, 2.24) is 15.3 Å². The second-order valence-electron chi connectivity index (χ2n) is 6.94. The summed E-state index contributed by atoms with van der Waals surface area (Å²) in [4.78, 5) is 23.6. The molecule has 0 bridgehead atoms. The fourth-order valence-corrected chi connectivity index (χ4v) is 3.40. The van der Waals surface area contributed by atoms with E-state index in [4.69, 9.17) is 0 Å². The number of amides is 2. The minimum atomic E-state index is -0.328.